The number of fused-ring (bicyclic) bond motifs is 3. The molecule has 3 aromatic carbocycles. The third-order valence-corrected chi connectivity index (χ3v) is 8.95. The number of aryl methyl sites for hydroxylation is 1. The molecular weight excluding hydrogens is 828 g/mol. The van der Waals surface area contributed by atoms with Crippen LogP contribution in [0, 0.1) is 35.6 Å². The molecule has 0 amide bonds. The van der Waals surface area contributed by atoms with Crippen LogP contribution in [0.2, 0.25) is 0 Å². The van der Waals surface area contributed by atoms with Crippen molar-refractivity contribution in [2.75, 3.05) is 0 Å². The van der Waals surface area contributed by atoms with Gasteiger partial charge in [-0.2, -0.15) is 13.2 Å². The number of aromatic nitrogens is 1. The first-order valence-corrected chi connectivity index (χ1v) is 17.6. The molecule has 1 radical (unpaired) electrons. The SMILES string of the molecule is CCC(CC)C(=O)/C=C(\O)C(CC)CC(F)(F)F.[2H]C([2H])([2H])c1ccc2c(CC(C)(C)C)c3c([c-]c2c1)-c1nccc2cc(CC(C)(C)C)cc(c12)O3.[Ir]. The summed E-state index contributed by atoms with van der Waals surface area (Å²) in [7, 11) is 0. The number of rotatable bonds is 9. The van der Waals surface area contributed by atoms with Crippen molar-refractivity contribution in [1.82, 2.24) is 4.98 Å². The molecule has 51 heavy (non-hydrogen) atoms. The summed E-state index contributed by atoms with van der Waals surface area (Å²) >= 11 is 0. The summed E-state index contributed by atoms with van der Waals surface area (Å²) in [5, 5.41) is 13.5. The predicted molar refractivity (Wildman–Crippen MR) is 199 cm³/mol. The van der Waals surface area contributed by atoms with E-state index in [-0.39, 0.29) is 49.1 Å². The van der Waals surface area contributed by atoms with Gasteiger partial charge in [0.15, 0.2) is 5.78 Å². The van der Waals surface area contributed by atoms with E-state index >= 15 is 0 Å². The first-order valence-electron chi connectivity index (χ1n) is 19.1. The second kappa shape index (κ2) is 16.6. The van der Waals surface area contributed by atoms with E-state index in [1.807, 2.05) is 32.2 Å². The Morgan fingerprint density at radius 3 is 2.18 bits per heavy atom. The van der Waals surface area contributed by atoms with E-state index < -0.39 is 31.1 Å². The van der Waals surface area contributed by atoms with Crippen molar-refractivity contribution in [3.63, 3.8) is 0 Å². The van der Waals surface area contributed by atoms with Crippen LogP contribution in [-0.4, -0.2) is 22.1 Å². The molecule has 1 aliphatic heterocycles. The number of benzene rings is 3. The van der Waals surface area contributed by atoms with Gasteiger partial charge in [-0.3, -0.25) is 9.78 Å². The molecule has 5 rings (SSSR count). The first kappa shape index (κ1) is 37.5. The van der Waals surface area contributed by atoms with Crippen molar-refractivity contribution in [3.8, 4) is 22.8 Å². The number of ketones is 1. The molecule has 4 aromatic rings. The topological polar surface area (TPSA) is 59.4 Å². The minimum atomic E-state index is -4.33. The first-order chi connectivity index (χ1) is 24.4. The number of pyridine rings is 1. The second-order valence-corrected chi connectivity index (χ2v) is 15.9. The van der Waals surface area contributed by atoms with Gasteiger partial charge >= 0.3 is 6.18 Å². The Kier molecular flexibility index (Phi) is 12.2. The minimum Gasteiger partial charge on any atom is -0.512 e. The van der Waals surface area contributed by atoms with E-state index in [4.69, 9.17) is 13.8 Å². The number of aliphatic hydroxyl groups is 1. The van der Waals surface area contributed by atoms with Crippen LogP contribution >= 0.6 is 0 Å². The molecule has 0 saturated carbocycles. The van der Waals surface area contributed by atoms with Crippen molar-refractivity contribution < 1.29 is 52.0 Å². The molecular formula is C43H53F3IrNO3-. The Labute approximate surface area is 319 Å². The Hall–Kier alpha value is -3.22. The van der Waals surface area contributed by atoms with Gasteiger partial charge in [-0.05, 0) is 72.9 Å². The molecule has 1 N–H and O–H groups in total. The number of nitrogens with zero attached hydrogens (tertiary/aromatic N) is 1. The Morgan fingerprint density at radius 2 is 1.61 bits per heavy atom. The number of halogens is 3. The van der Waals surface area contributed by atoms with Crippen molar-refractivity contribution in [2.45, 2.75) is 114 Å². The van der Waals surface area contributed by atoms with Crippen LogP contribution in [0.1, 0.15) is 109 Å². The van der Waals surface area contributed by atoms with Crippen LogP contribution in [0.15, 0.2) is 54.4 Å². The number of carbonyl (C=O) groups excluding carboxylic acids is 1. The van der Waals surface area contributed by atoms with Gasteiger partial charge in [-0.25, -0.2) is 0 Å². The van der Waals surface area contributed by atoms with Crippen molar-refractivity contribution in [1.29, 1.82) is 0 Å². The maximum absolute atomic E-state index is 12.3. The van der Waals surface area contributed by atoms with Gasteiger partial charge in [0, 0.05) is 59.4 Å². The van der Waals surface area contributed by atoms with E-state index in [1.54, 1.807) is 19.1 Å². The summed E-state index contributed by atoms with van der Waals surface area (Å²) in [5.74, 6) is -0.377. The third-order valence-electron chi connectivity index (χ3n) is 8.95. The Bertz CT molecular complexity index is 1990. The van der Waals surface area contributed by atoms with Gasteiger partial charge in [-0.1, -0.05) is 103 Å². The fourth-order valence-corrected chi connectivity index (χ4v) is 6.60. The summed E-state index contributed by atoms with van der Waals surface area (Å²) in [6, 6.07) is 15.3. The quantitative estimate of drug-likeness (QED) is 0.0910. The van der Waals surface area contributed by atoms with E-state index in [0.717, 1.165) is 68.8 Å². The van der Waals surface area contributed by atoms with Crippen molar-refractivity contribution >= 4 is 27.3 Å². The summed E-state index contributed by atoms with van der Waals surface area (Å²) in [6.45, 7) is 16.4. The monoisotopic (exact) mass is 884 g/mol. The maximum Gasteiger partial charge on any atom is 0.389 e. The van der Waals surface area contributed by atoms with Crippen LogP contribution in [0.25, 0.3) is 32.8 Å². The number of aliphatic hydroxyl groups excluding tert-OH is 1. The van der Waals surface area contributed by atoms with E-state index in [0.29, 0.717) is 18.4 Å². The zero-order valence-electron chi connectivity index (χ0n) is 34.2. The summed E-state index contributed by atoms with van der Waals surface area (Å²) in [4.78, 5) is 16.5. The molecule has 279 valence electrons. The normalized spacial score (nSPS) is 14.8. The zero-order chi connectivity index (χ0) is 39.7. The molecule has 1 aliphatic rings. The molecule has 1 unspecified atom stereocenters. The number of carbonyl (C=O) groups is 1. The molecule has 0 fully saturated rings. The molecule has 8 heteroatoms. The predicted octanol–water partition coefficient (Wildman–Crippen LogP) is 12.9. The van der Waals surface area contributed by atoms with Crippen LogP contribution in [-0.2, 0) is 37.7 Å². The second-order valence-electron chi connectivity index (χ2n) is 15.9. The minimum absolute atomic E-state index is 0. The molecule has 0 bridgehead atoms. The third kappa shape index (κ3) is 10.9. The average molecular weight is 884 g/mol. The molecule has 1 aromatic heterocycles. The van der Waals surface area contributed by atoms with Crippen molar-refractivity contribution in [3.05, 3.63) is 77.2 Å². The van der Waals surface area contributed by atoms with Gasteiger partial charge in [0.1, 0.15) is 5.75 Å². The molecule has 1 atom stereocenters. The number of allylic oxidation sites excluding steroid dienone is 2. The van der Waals surface area contributed by atoms with Crippen LogP contribution in [0.5, 0.6) is 11.5 Å². The Morgan fingerprint density at radius 1 is 0.961 bits per heavy atom. The van der Waals surface area contributed by atoms with E-state index in [2.05, 4.69) is 59.7 Å². The number of alkyl halides is 3. The summed E-state index contributed by atoms with van der Waals surface area (Å²) in [5.41, 5.74) is 4.44. The largest absolute Gasteiger partial charge is 0.512 e. The number of ether oxygens (including phenoxy) is 1. The molecule has 2 heterocycles. The Balaban J connectivity index is 0.000000353. The fourth-order valence-electron chi connectivity index (χ4n) is 6.60. The summed E-state index contributed by atoms with van der Waals surface area (Å²) < 4.78 is 67.1. The van der Waals surface area contributed by atoms with Crippen molar-refractivity contribution in [2.24, 2.45) is 22.7 Å². The molecule has 4 nitrogen and oxygen atoms in total. The van der Waals surface area contributed by atoms with Gasteiger partial charge in [0.25, 0.3) is 0 Å². The van der Waals surface area contributed by atoms with Crippen LogP contribution in [0.4, 0.5) is 13.2 Å². The van der Waals surface area contributed by atoms with Crippen LogP contribution < -0.4 is 4.74 Å². The molecule has 0 saturated heterocycles. The van der Waals surface area contributed by atoms with Gasteiger partial charge in [0.05, 0.1) is 17.9 Å². The maximum atomic E-state index is 12.3. The van der Waals surface area contributed by atoms with Gasteiger partial charge in [-0.15, -0.1) is 17.5 Å². The number of hydrogen-bond acceptors (Lipinski definition) is 4. The van der Waals surface area contributed by atoms with Gasteiger partial charge < -0.3 is 9.84 Å². The van der Waals surface area contributed by atoms with E-state index in [1.165, 1.54) is 5.56 Å². The average Bonchev–Trinajstić information content (AvgIpc) is 3.02. The van der Waals surface area contributed by atoms with Gasteiger partial charge in [0.2, 0.25) is 0 Å². The standard InChI is InChI=1S/C30H32NO.C13H21F3O2.Ir/c1-18-8-9-22-21(12-18)15-23-27-26-20(10-11-31-27)13-19(16-29(2,3)4)14-25(26)32-28(23)24(22)17-30(5,6)7;1-4-9(5-2)11(17)7-12(18)10(6-3)8-13(14,15)16;/h8-14H,16-17H2,1-7H3;7,9-10,18H,4-6,8H2,1-3H3;/q-1;;/b;12-7-;/i1D3;;. The fraction of sp³-hybridized carbons (Fsp3) is 0.488. The molecule has 0 spiro atoms. The zero-order valence-corrected chi connectivity index (χ0v) is 33.6. The summed E-state index contributed by atoms with van der Waals surface area (Å²) in [6.07, 6.45) is 0.501. The number of hydrogen-bond donors (Lipinski definition) is 1. The smallest absolute Gasteiger partial charge is 0.389 e. The molecule has 0 aliphatic carbocycles. The van der Waals surface area contributed by atoms with E-state index in [9.17, 15) is 23.1 Å². The van der Waals surface area contributed by atoms with Crippen LogP contribution in [0.3, 0.4) is 0 Å².